The highest BCUT2D eigenvalue weighted by Gasteiger charge is 2.40. The number of hydrogen-bond acceptors (Lipinski definition) is 1. The van der Waals surface area contributed by atoms with Gasteiger partial charge in [-0.2, -0.15) is 13.2 Å². The minimum atomic E-state index is -4.60. The molecule has 0 spiro atoms. The van der Waals surface area contributed by atoms with Crippen LogP contribution in [0.2, 0.25) is 0 Å². The van der Waals surface area contributed by atoms with Gasteiger partial charge >= 0.3 is 5.51 Å². The van der Waals surface area contributed by atoms with E-state index in [1.807, 2.05) is 0 Å². The van der Waals surface area contributed by atoms with Gasteiger partial charge in [0, 0.05) is 0 Å². The van der Waals surface area contributed by atoms with Crippen molar-refractivity contribution < 1.29 is 17.4 Å². The van der Waals surface area contributed by atoms with Crippen molar-refractivity contribution in [2.45, 2.75) is 24.1 Å². The lowest BCUT2D eigenvalue weighted by molar-refractivity contribution is -0.0388. The van der Waals surface area contributed by atoms with Gasteiger partial charge in [0.25, 0.3) is 0 Å². The Morgan fingerprint density at radius 3 is 2.54 bits per heavy atom. The number of rotatable bonds is 1. The summed E-state index contributed by atoms with van der Waals surface area (Å²) in [5, 5.41) is -0.913. The highest BCUT2D eigenvalue weighted by molar-refractivity contribution is 7.86. The van der Waals surface area contributed by atoms with Gasteiger partial charge in [0.1, 0.15) is 10.8 Å². The normalized spacial score (nSPS) is 25.5. The van der Waals surface area contributed by atoms with Crippen molar-refractivity contribution in [1.82, 2.24) is 0 Å². The lowest BCUT2D eigenvalue weighted by Gasteiger charge is -2.15. The van der Waals surface area contributed by atoms with Gasteiger partial charge in [0.05, 0.1) is 5.25 Å². The number of halogens is 3. The van der Waals surface area contributed by atoms with Crippen LogP contribution in [0.4, 0.5) is 13.2 Å². The van der Waals surface area contributed by atoms with E-state index in [2.05, 4.69) is 0 Å². The van der Waals surface area contributed by atoms with Crippen molar-refractivity contribution in [2.75, 3.05) is 0 Å². The Morgan fingerprint density at radius 1 is 1.54 bits per heavy atom. The van der Waals surface area contributed by atoms with Crippen LogP contribution < -0.4 is 0 Å². The summed E-state index contributed by atoms with van der Waals surface area (Å²) in [6.45, 7) is 1.79. The molecule has 2 unspecified atom stereocenters. The molecule has 0 saturated carbocycles. The minimum absolute atomic E-state index is 0.203. The van der Waals surface area contributed by atoms with Crippen LogP contribution in [0.3, 0.4) is 0 Å². The van der Waals surface area contributed by atoms with E-state index in [4.69, 9.17) is 0 Å². The molecule has 0 bridgehead atoms. The molecule has 0 fully saturated rings. The van der Waals surface area contributed by atoms with E-state index in [0.717, 1.165) is 5.57 Å². The van der Waals surface area contributed by atoms with E-state index in [-0.39, 0.29) is 6.42 Å². The van der Waals surface area contributed by atoms with Gasteiger partial charge in [-0.15, -0.1) is 0 Å². The van der Waals surface area contributed by atoms with Crippen LogP contribution >= 0.6 is 0 Å². The molecule has 0 aromatic rings. The largest absolute Gasteiger partial charge is 0.471 e. The van der Waals surface area contributed by atoms with Crippen LogP contribution in [0.1, 0.15) is 13.3 Å². The lowest BCUT2D eigenvalue weighted by Crippen LogP contribution is -2.27. The van der Waals surface area contributed by atoms with Crippen LogP contribution in [-0.4, -0.2) is 15.0 Å². The van der Waals surface area contributed by atoms with E-state index >= 15 is 0 Å². The zero-order valence-corrected chi connectivity index (χ0v) is 7.78. The van der Waals surface area contributed by atoms with Gasteiger partial charge in [-0.1, -0.05) is 23.8 Å². The summed E-state index contributed by atoms with van der Waals surface area (Å²) in [6, 6.07) is 0. The predicted molar refractivity (Wildman–Crippen MR) is 45.5 cm³/mol. The van der Waals surface area contributed by atoms with Crippen LogP contribution in [0.15, 0.2) is 23.8 Å². The van der Waals surface area contributed by atoms with E-state index in [9.17, 15) is 17.4 Å². The molecule has 1 rings (SSSR count). The first-order chi connectivity index (χ1) is 5.91. The Morgan fingerprint density at radius 2 is 2.15 bits per heavy atom. The van der Waals surface area contributed by atoms with Crippen LogP contribution in [0, 0.1) is 0 Å². The van der Waals surface area contributed by atoms with E-state index in [1.165, 1.54) is 6.08 Å². The summed E-state index contributed by atoms with van der Waals surface area (Å²) in [7, 11) is -2.77. The third-order valence-electron chi connectivity index (χ3n) is 1.75. The Bertz CT molecular complexity index is 278. The van der Waals surface area contributed by atoms with Gasteiger partial charge in [0.2, 0.25) is 0 Å². The number of allylic oxidation sites excluding steroid dienone is 3. The molecule has 74 valence electrons. The maximum atomic E-state index is 12.0. The van der Waals surface area contributed by atoms with Gasteiger partial charge in [-0.25, -0.2) is 4.21 Å². The molecule has 0 N–H and O–H groups in total. The van der Waals surface area contributed by atoms with Crippen molar-refractivity contribution in [3.8, 4) is 0 Å². The fraction of sp³-hybridized carbons (Fsp3) is 0.500. The molecular weight excluding hydrogens is 201 g/mol. The highest BCUT2D eigenvalue weighted by Crippen LogP contribution is 2.27. The third-order valence-corrected chi connectivity index (χ3v) is 3.10. The smallest absolute Gasteiger partial charge is 0.250 e. The SMILES string of the molecule is CC1=CCC(S(=O)C(F)(F)F)C=C1. The van der Waals surface area contributed by atoms with Gasteiger partial charge in [-0.3, -0.25) is 0 Å². The fourth-order valence-electron chi connectivity index (χ4n) is 1.04. The first-order valence-corrected chi connectivity index (χ1v) is 4.95. The first-order valence-electron chi connectivity index (χ1n) is 3.73. The molecule has 1 aliphatic rings. The molecule has 0 amide bonds. The van der Waals surface area contributed by atoms with Crippen LogP contribution in [-0.2, 0) is 10.8 Å². The van der Waals surface area contributed by atoms with E-state index < -0.39 is 21.6 Å². The predicted octanol–water partition coefficient (Wildman–Crippen LogP) is 2.53. The zero-order valence-electron chi connectivity index (χ0n) is 6.97. The molecule has 0 saturated heterocycles. The Kier molecular flexibility index (Phi) is 2.95. The molecule has 0 heterocycles. The second-order valence-electron chi connectivity index (χ2n) is 2.82. The van der Waals surface area contributed by atoms with Crippen LogP contribution in [0.5, 0.6) is 0 Å². The first kappa shape index (κ1) is 10.5. The summed E-state index contributed by atoms with van der Waals surface area (Å²) in [5.41, 5.74) is -3.69. The highest BCUT2D eigenvalue weighted by atomic mass is 32.2. The maximum Gasteiger partial charge on any atom is 0.471 e. The van der Waals surface area contributed by atoms with E-state index in [1.54, 1.807) is 19.1 Å². The van der Waals surface area contributed by atoms with Crippen molar-refractivity contribution in [2.24, 2.45) is 0 Å². The third kappa shape index (κ3) is 2.69. The number of hydrogen-bond donors (Lipinski definition) is 0. The summed E-state index contributed by atoms with van der Waals surface area (Å²) < 4.78 is 46.8. The van der Waals surface area contributed by atoms with Crippen LogP contribution in [0.25, 0.3) is 0 Å². The second-order valence-corrected chi connectivity index (χ2v) is 4.49. The summed E-state index contributed by atoms with van der Waals surface area (Å²) in [5.74, 6) is 0. The Balaban J connectivity index is 2.68. The molecule has 0 radical (unpaired) electrons. The standard InChI is InChI=1S/C8H9F3OS/c1-6-2-4-7(5-3-6)13(12)8(9,10)11/h2-4,7H,5H2,1H3. The molecule has 0 aromatic carbocycles. The fourth-order valence-corrected chi connectivity index (χ4v) is 1.87. The summed E-state index contributed by atoms with van der Waals surface area (Å²) >= 11 is 0. The molecule has 13 heavy (non-hydrogen) atoms. The summed E-state index contributed by atoms with van der Waals surface area (Å²) in [6.07, 6.45) is 4.79. The van der Waals surface area contributed by atoms with Crippen molar-refractivity contribution in [3.63, 3.8) is 0 Å². The molecule has 0 aliphatic heterocycles. The Hall–Kier alpha value is -0.580. The van der Waals surface area contributed by atoms with Gasteiger partial charge in [0.15, 0.2) is 0 Å². The molecule has 1 aliphatic carbocycles. The number of alkyl halides is 3. The van der Waals surface area contributed by atoms with E-state index in [0.29, 0.717) is 0 Å². The van der Waals surface area contributed by atoms with Gasteiger partial charge in [-0.05, 0) is 13.3 Å². The summed E-state index contributed by atoms with van der Waals surface area (Å²) in [4.78, 5) is 0. The molecule has 1 nitrogen and oxygen atoms in total. The zero-order chi connectivity index (χ0) is 10.1. The minimum Gasteiger partial charge on any atom is -0.250 e. The Labute approximate surface area is 76.8 Å². The monoisotopic (exact) mass is 210 g/mol. The van der Waals surface area contributed by atoms with Crippen molar-refractivity contribution >= 4 is 10.8 Å². The quantitative estimate of drug-likeness (QED) is 0.650. The molecule has 2 atom stereocenters. The molecule has 5 heteroatoms. The topological polar surface area (TPSA) is 17.1 Å². The van der Waals surface area contributed by atoms with Crippen molar-refractivity contribution in [3.05, 3.63) is 23.8 Å². The van der Waals surface area contributed by atoms with Crippen molar-refractivity contribution in [1.29, 1.82) is 0 Å². The average molecular weight is 210 g/mol. The molecular formula is C8H9F3OS. The average Bonchev–Trinajstić information content (AvgIpc) is 2.03. The maximum absolute atomic E-state index is 12.0. The second kappa shape index (κ2) is 3.65. The molecule has 0 aromatic heterocycles. The lowest BCUT2D eigenvalue weighted by atomic mass is 10.1. The van der Waals surface area contributed by atoms with Gasteiger partial charge < -0.3 is 0 Å².